The van der Waals surface area contributed by atoms with E-state index in [2.05, 4.69) is 20.4 Å². The Morgan fingerprint density at radius 2 is 1.95 bits per heavy atom. The van der Waals surface area contributed by atoms with Gasteiger partial charge in [0.05, 0.1) is 11.4 Å². The predicted octanol–water partition coefficient (Wildman–Crippen LogP) is 4.74. The molecule has 2 aliphatic rings. The number of nitrogens with two attached hydrogens (primary N) is 1. The maximum Gasteiger partial charge on any atom is 0.429 e. The molecular formula is C27H31ClF3N7O3. The standard InChI is InChI=1S/C27H31ClF3N7O3/c1-15(2)18-5-8-38(36-18)20-11-16(28)3-4-17(20)23(27(29,30)31)41-22-12-21(34-25(32)35-22)37-9-6-26(7-10-37)13-19(24(39)40)33-14-26/h3-5,8,11-12,15,19,23,33H,6-7,9-10,13-14H2,1-2H3,(H,39,40)(H2,32,34,35)/t19-,23?/m0/s1. The Morgan fingerprint density at radius 1 is 1.22 bits per heavy atom. The van der Waals surface area contributed by atoms with Crippen molar-refractivity contribution in [2.24, 2.45) is 5.41 Å². The van der Waals surface area contributed by atoms with Crippen molar-refractivity contribution in [1.29, 1.82) is 0 Å². The van der Waals surface area contributed by atoms with E-state index in [1.807, 2.05) is 18.7 Å². The molecular weight excluding hydrogens is 563 g/mol. The van der Waals surface area contributed by atoms with Crippen LogP contribution < -0.4 is 20.7 Å². The molecule has 0 amide bonds. The van der Waals surface area contributed by atoms with E-state index in [4.69, 9.17) is 22.1 Å². The number of hydrogen-bond acceptors (Lipinski definition) is 8. The van der Waals surface area contributed by atoms with E-state index in [9.17, 15) is 23.1 Å². The number of aliphatic carboxylic acids is 1. The fourth-order valence-electron chi connectivity index (χ4n) is 5.48. The summed E-state index contributed by atoms with van der Waals surface area (Å²) >= 11 is 6.17. The van der Waals surface area contributed by atoms with Gasteiger partial charge in [-0.15, -0.1) is 0 Å². The zero-order valence-corrected chi connectivity index (χ0v) is 23.3. The van der Waals surface area contributed by atoms with E-state index in [1.165, 1.54) is 28.9 Å². The van der Waals surface area contributed by atoms with Crippen molar-refractivity contribution in [3.05, 3.63) is 52.8 Å². The molecule has 2 aromatic heterocycles. The maximum absolute atomic E-state index is 14.5. The van der Waals surface area contributed by atoms with Gasteiger partial charge >= 0.3 is 12.1 Å². The molecule has 2 saturated heterocycles. The number of piperidine rings is 1. The number of carboxylic acids is 1. The number of halogens is 4. The molecule has 1 aromatic carbocycles. The summed E-state index contributed by atoms with van der Waals surface area (Å²) in [5, 5.41) is 17.1. The highest BCUT2D eigenvalue weighted by Gasteiger charge is 2.46. The number of carbonyl (C=O) groups is 1. The molecule has 2 fully saturated rings. The fraction of sp³-hybridized carbons (Fsp3) is 0.481. The number of carboxylic acid groups (broad SMARTS) is 1. The molecule has 0 saturated carbocycles. The van der Waals surface area contributed by atoms with Crippen molar-refractivity contribution in [3.8, 4) is 11.6 Å². The SMILES string of the molecule is CC(C)c1ccn(-c2cc(Cl)ccc2C(Oc2cc(N3CCC4(CC3)CN[C@H](C(=O)O)C4)nc(N)n2)C(F)(F)F)n1. The van der Waals surface area contributed by atoms with Crippen LogP contribution in [0.5, 0.6) is 5.88 Å². The average molecular weight is 594 g/mol. The minimum absolute atomic E-state index is 0.0733. The number of nitrogen functional groups attached to an aromatic ring is 1. The van der Waals surface area contributed by atoms with Gasteiger partial charge in [0.15, 0.2) is 0 Å². The van der Waals surface area contributed by atoms with E-state index < -0.39 is 24.3 Å². The summed E-state index contributed by atoms with van der Waals surface area (Å²) in [5.41, 5.74) is 6.41. The highest BCUT2D eigenvalue weighted by atomic mass is 35.5. The van der Waals surface area contributed by atoms with Crippen LogP contribution in [0.25, 0.3) is 5.69 Å². The van der Waals surface area contributed by atoms with Crippen LogP contribution in [0.4, 0.5) is 24.9 Å². The molecule has 0 bridgehead atoms. The molecule has 4 heterocycles. The highest BCUT2D eigenvalue weighted by molar-refractivity contribution is 6.30. The van der Waals surface area contributed by atoms with Gasteiger partial charge in [-0.25, -0.2) is 4.68 Å². The lowest BCUT2D eigenvalue weighted by molar-refractivity contribution is -0.198. The number of hydrogen-bond donors (Lipinski definition) is 3. The van der Waals surface area contributed by atoms with Gasteiger partial charge in [0.1, 0.15) is 11.9 Å². The second kappa shape index (κ2) is 11.0. The lowest BCUT2D eigenvalue weighted by Crippen LogP contribution is -2.41. The van der Waals surface area contributed by atoms with Crippen molar-refractivity contribution < 1.29 is 27.8 Å². The van der Waals surface area contributed by atoms with Gasteiger partial charge in [-0.05, 0) is 48.8 Å². The van der Waals surface area contributed by atoms with Gasteiger partial charge in [-0.3, -0.25) is 4.79 Å². The first kappa shape index (κ1) is 28.9. The van der Waals surface area contributed by atoms with Crippen LogP contribution in [-0.2, 0) is 4.79 Å². The molecule has 5 rings (SSSR count). The topological polar surface area (TPSA) is 131 Å². The van der Waals surface area contributed by atoms with Gasteiger partial charge in [0.2, 0.25) is 17.9 Å². The first-order valence-electron chi connectivity index (χ1n) is 13.3. The van der Waals surface area contributed by atoms with Crippen LogP contribution in [-0.4, -0.2) is 62.7 Å². The monoisotopic (exact) mass is 593 g/mol. The van der Waals surface area contributed by atoms with E-state index in [0.717, 1.165) is 0 Å². The number of nitrogens with zero attached hydrogens (tertiary/aromatic N) is 5. The number of rotatable bonds is 7. The minimum Gasteiger partial charge on any atom is -0.480 e. The van der Waals surface area contributed by atoms with Gasteiger partial charge < -0.3 is 25.8 Å². The van der Waals surface area contributed by atoms with Crippen molar-refractivity contribution in [2.45, 2.75) is 57.3 Å². The summed E-state index contributed by atoms with van der Waals surface area (Å²) in [7, 11) is 0. The predicted molar refractivity (Wildman–Crippen MR) is 146 cm³/mol. The molecule has 2 aliphatic heterocycles. The molecule has 4 N–H and O–H groups in total. The summed E-state index contributed by atoms with van der Waals surface area (Å²) < 4.78 is 50.4. The second-order valence-electron chi connectivity index (χ2n) is 11.0. The Hall–Kier alpha value is -3.58. The third-order valence-electron chi connectivity index (χ3n) is 7.77. The third-order valence-corrected chi connectivity index (χ3v) is 8.01. The lowest BCUT2D eigenvalue weighted by Gasteiger charge is -2.39. The summed E-state index contributed by atoms with van der Waals surface area (Å²) in [5.74, 6) is -1.01. The van der Waals surface area contributed by atoms with Crippen LogP contribution in [0.15, 0.2) is 36.5 Å². The highest BCUT2D eigenvalue weighted by Crippen LogP contribution is 2.42. The van der Waals surface area contributed by atoms with Crippen LogP contribution in [0.1, 0.15) is 56.4 Å². The van der Waals surface area contributed by atoms with E-state index in [-0.39, 0.29) is 39.4 Å². The smallest absolute Gasteiger partial charge is 0.429 e. The van der Waals surface area contributed by atoms with Crippen molar-refractivity contribution in [3.63, 3.8) is 0 Å². The van der Waals surface area contributed by atoms with Crippen LogP contribution in [0.3, 0.4) is 0 Å². The summed E-state index contributed by atoms with van der Waals surface area (Å²) in [6.07, 6.45) is -3.70. The number of nitrogens with one attached hydrogen (secondary N) is 1. The van der Waals surface area contributed by atoms with Gasteiger partial charge in [0.25, 0.3) is 0 Å². The maximum atomic E-state index is 14.5. The molecule has 2 atom stereocenters. The molecule has 10 nitrogen and oxygen atoms in total. The average Bonchev–Trinajstić information content (AvgIpc) is 3.56. The van der Waals surface area contributed by atoms with Gasteiger partial charge in [-0.2, -0.15) is 28.2 Å². The Balaban J connectivity index is 1.41. The second-order valence-corrected chi connectivity index (χ2v) is 11.4. The Morgan fingerprint density at radius 3 is 2.56 bits per heavy atom. The van der Waals surface area contributed by atoms with Crippen molar-refractivity contribution in [1.82, 2.24) is 25.1 Å². The van der Waals surface area contributed by atoms with E-state index >= 15 is 0 Å². The fourth-order valence-corrected chi connectivity index (χ4v) is 5.65. The summed E-state index contributed by atoms with van der Waals surface area (Å²) in [6, 6.07) is 6.55. The molecule has 41 heavy (non-hydrogen) atoms. The number of anilines is 2. The van der Waals surface area contributed by atoms with E-state index in [0.29, 0.717) is 50.4 Å². The molecule has 3 aromatic rings. The zero-order chi connectivity index (χ0) is 29.5. The normalized spacial score (nSPS) is 19.6. The van der Waals surface area contributed by atoms with E-state index in [1.54, 1.807) is 12.3 Å². The minimum atomic E-state index is -4.82. The summed E-state index contributed by atoms with van der Waals surface area (Å²) in [4.78, 5) is 21.5. The Bertz CT molecular complexity index is 1420. The number of aromatic nitrogens is 4. The Kier molecular flexibility index (Phi) is 7.77. The quantitative estimate of drug-likeness (QED) is 0.355. The molecule has 220 valence electrons. The first-order chi connectivity index (χ1) is 19.3. The van der Waals surface area contributed by atoms with Crippen molar-refractivity contribution in [2.75, 3.05) is 30.3 Å². The van der Waals surface area contributed by atoms with Gasteiger partial charge in [-0.1, -0.05) is 31.5 Å². The van der Waals surface area contributed by atoms with Crippen LogP contribution >= 0.6 is 11.6 Å². The molecule has 1 unspecified atom stereocenters. The zero-order valence-electron chi connectivity index (χ0n) is 22.5. The first-order valence-corrected chi connectivity index (χ1v) is 13.7. The van der Waals surface area contributed by atoms with Crippen LogP contribution in [0.2, 0.25) is 5.02 Å². The number of benzene rings is 1. The summed E-state index contributed by atoms with van der Waals surface area (Å²) in [6.45, 7) is 5.54. The number of alkyl halides is 3. The molecule has 1 spiro atoms. The number of ether oxygens (including phenoxy) is 1. The largest absolute Gasteiger partial charge is 0.480 e. The molecule has 14 heteroatoms. The van der Waals surface area contributed by atoms with Crippen molar-refractivity contribution >= 4 is 29.3 Å². The van der Waals surface area contributed by atoms with Gasteiger partial charge in [0, 0.05) is 42.5 Å². The third kappa shape index (κ3) is 6.20. The lowest BCUT2D eigenvalue weighted by atomic mass is 9.76. The Labute approximate surface area is 239 Å². The molecule has 0 radical (unpaired) electrons. The van der Waals surface area contributed by atoms with Crippen LogP contribution in [0, 0.1) is 5.41 Å². The molecule has 0 aliphatic carbocycles.